The number of rotatable bonds is 7. The van der Waals surface area contributed by atoms with E-state index in [0.717, 1.165) is 12.1 Å². The molecule has 1 aromatic carbocycles. The predicted molar refractivity (Wildman–Crippen MR) is 94.0 cm³/mol. The summed E-state index contributed by atoms with van der Waals surface area (Å²) in [5.74, 6) is -1.99. The zero-order valence-electron chi connectivity index (χ0n) is 15.1. The quantitative estimate of drug-likeness (QED) is 0.673. The molecule has 0 amide bonds. The SMILES string of the molecule is CCCS(=O)(=O)N1CCCC(Cc2ccc(F)cc2F)(C(=O)OCC)C1. The normalized spacial score (nSPS) is 21.5. The minimum Gasteiger partial charge on any atom is -0.466 e. The number of hydrogen-bond donors (Lipinski definition) is 0. The number of carbonyl (C=O) groups excluding carboxylic acids is 1. The molecule has 0 radical (unpaired) electrons. The third-order valence-corrected chi connectivity index (χ3v) is 6.67. The van der Waals surface area contributed by atoms with Gasteiger partial charge in [-0.1, -0.05) is 13.0 Å². The molecule has 1 aliphatic rings. The summed E-state index contributed by atoms with van der Waals surface area (Å²) in [7, 11) is -3.49. The van der Waals surface area contributed by atoms with Crippen LogP contribution in [0.15, 0.2) is 18.2 Å². The van der Waals surface area contributed by atoms with Crippen LogP contribution in [0.4, 0.5) is 8.78 Å². The van der Waals surface area contributed by atoms with E-state index in [1.165, 1.54) is 10.4 Å². The number of piperidine rings is 1. The fourth-order valence-corrected chi connectivity index (χ4v) is 5.04. The third kappa shape index (κ3) is 4.59. The Labute approximate surface area is 153 Å². The van der Waals surface area contributed by atoms with E-state index in [-0.39, 0.29) is 30.9 Å². The lowest BCUT2D eigenvalue weighted by molar-refractivity contribution is -0.157. The summed E-state index contributed by atoms with van der Waals surface area (Å²) in [6.07, 6.45) is 1.30. The van der Waals surface area contributed by atoms with Gasteiger partial charge in [0.1, 0.15) is 11.6 Å². The molecule has 0 bridgehead atoms. The standard InChI is InChI=1S/C18H25F2NO4S/c1-3-10-26(23,24)21-9-5-8-18(13-21,17(22)25-4-2)12-14-6-7-15(19)11-16(14)20/h6-7,11H,3-5,8-10,12-13H2,1-2H3. The van der Waals surface area contributed by atoms with Crippen molar-refractivity contribution in [3.63, 3.8) is 0 Å². The number of hydrogen-bond acceptors (Lipinski definition) is 4. The van der Waals surface area contributed by atoms with Crippen molar-refractivity contribution < 1.29 is 26.7 Å². The molecule has 1 atom stereocenters. The Morgan fingerprint density at radius 3 is 2.65 bits per heavy atom. The first-order valence-corrected chi connectivity index (χ1v) is 10.4. The molecule has 1 heterocycles. The second-order valence-corrected chi connectivity index (χ2v) is 8.75. The van der Waals surface area contributed by atoms with Gasteiger partial charge in [-0.2, -0.15) is 0 Å². The predicted octanol–water partition coefficient (Wildman–Crippen LogP) is 2.89. The zero-order valence-corrected chi connectivity index (χ0v) is 15.9. The maximum absolute atomic E-state index is 14.2. The monoisotopic (exact) mass is 389 g/mol. The second kappa shape index (κ2) is 8.43. The molecule has 0 saturated carbocycles. The lowest BCUT2D eigenvalue weighted by Gasteiger charge is -2.40. The lowest BCUT2D eigenvalue weighted by Crippen LogP contribution is -2.52. The van der Waals surface area contributed by atoms with Gasteiger partial charge in [0, 0.05) is 19.2 Å². The Bertz CT molecular complexity index is 754. The van der Waals surface area contributed by atoms with Gasteiger partial charge in [0.15, 0.2) is 0 Å². The minimum absolute atomic E-state index is 0.00316. The number of carbonyl (C=O) groups is 1. The summed E-state index contributed by atoms with van der Waals surface area (Å²) in [4.78, 5) is 12.7. The average Bonchev–Trinajstić information content (AvgIpc) is 2.58. The Kier molecular flexibility index (Phi) is 6.74. The van der Waals surface area contributed by atoms with Crippen LogP contribution in [0.3, 0.4) is 0 Å². The lowest BCUT2D eigenvalue weighted by atomic mass is 9.75. The molecule has 1 saturated heterocycles. The highest BCUT2D eigenvalue weighted by Crippen LogP contribution is 2.37. The number of halogens is 2. The van der Waals surface area contributed by atoms with E-state index in [2.05, 4.69) is 0 Å². The molecular formula is C18H25F2NO4S. The number of ether oxygens (including phenoxy) is 1. The number of nitrogens with zero attached hydrogens (tertiary/aromatic N) is 1. The van der Waals surface area contributed by atoms with Gasteiger partial charge in [-0.05, 0) is 44.2 Å². The van der Waals surface area contributed by atoms with E-state index in [1.807, 2.05) is 0 Å². The molecular weight excluding hydrogens is 364 g/mol. The van der Waals surface area contributed by atoms with Gasteiger partial charge >= 0.3 is 5.97 Å². The molecule has 1 unspecified atom stereocenters. The first-order chi connectivity index (χ1) is 12.2. The van der Waals surface area contributed by atoms with Crippen molar-refractivity contribution in [2.75, 3.05) is 25.4 Å². The Balaban J connectivity index is 2.37. The van der Waals surface area contributed by atoms with Crippen molar-refractivity contribution in [3.8, 4) is 0 Å². The van der Waals surface area contributed by atoms with Crippen LogP contribution < -0.4 is 0 Å². The fourth-order valence-electron chi connectivity index (χ4n) is 3.41. The maximum Gasteiger partial charge on any atom is 0.313 e. The molecule has 0 aromatic heterocycles. The molecule has 0 spiro atoms. The second-order valence-electron chi connectivity index (χ2n) is 6.67. The van der Waals surface area contributed by atoms with E-state index in [1.54, 1.807) is 13.8 Å². The van der Waals surface area contributed by atoms with Crippen LogP contribution in [0.1, 0.15) is 38.7 Å². The van der Waals surface area contributed by atoms with Crippen LogP contribution in [0.5, 0.6) is 0 Å². The van der Waals surface area contributed by atoms with Crippen LogP contribution >= 0.6 is 0 Å². The minimum atomic E-state index is -3.49. The van der Waals surface area contributed by atoms with Crippen LogP contribution in [0, 0.1) is 17.0 Å². The summed E-state index contributed by atoms with van der Waals surface area (Å²) in [6, 6.07) is 3.19. The van der Waals surface area contributed by atoms with Crippen molar-refractivity contribution in [1.29, 1.82) is 0 Å². The maximum atomic E-state index is 14.2. The van der Waals surface area contributed by atoms with Gasteiger partial charge < -0.3 is 4.74 Å². The number of benzene rings is 1. The van der Waals surface area contributed by atoms with Crippen LogP contribution in [-0.4, -0.2) is 44.1 Å². The summed E-state index contributed by atoms with van der Waals surface area (Å²) in [5, 5.41) is 0. The van der Waals surface area contributed by atoms with Crippen molar-refractivity contribution in [3.05, 3.63) is 35.4 Å². The van der Waals surface area contributed by atoms with Crippen LogP contribution in [-0.2, 0) is 26.0 Å². The molecule has 26 heavy (non-hydrogen) atoms. The summed E-state index contributed by atoms with van der Waals surface area (Å²) in [5.41, 5.74) is -0.998. The van der Waals surface area contributed by atoms with E-state index in [0.29, 0.717) is 25.8 Å². The van der Waals surface area contributed by atoms with Crippen molar-refractivity contribution in [2.24, 2.45) is 5.41 Å². The summed E-state index contributed by atoms with van der Waals surface area (Å²) >= 11 is 0. The summed E-state index contributed by atoms with van der Waals surface area (Å²) < 4.78 is 58.8. The third-order valence-electron chi connectivity index (χ3n) is 4.65. The Morgan fingerprint density at radius 2 is 2.04 bits per heavy atom. The van der Waals surface area contributed by atoms with Gasteiger partial charge in [0.2, 0.25) is 10.0 Å². The van der Waals surface area contributed by atoms with Gasteiger partial charge in [-0.3, -0.25) is 4.79 Å². The topological polar surface area (TPSA) is 63.7 Å². The fraction of sp³-hybridized carbons (Fsp3) is 0.611. The highest BCUT2D eigenvalue weighted by molar-refractivity contribution is 7.89. The molecule has 8 heteroatoms. The van der Waals surface area contributed by atoms with E-state index >= 15 is 0 Å². The van der Waals surface area contributed by atoms with Crippen LogP contribution in [0.25, 0.3) is 0 Å². The van der Waals surface area contributed by atoms with E-state index < -0.39 is 33.0 Å². The zero-order chi connectivity index (χ0) is 19.4. The molecule has 0 N–H and O–H groups in total. The smallest absolute Gasteiger partial charge is 0.313 e. The molecule has 146 valence electrons. The molecule has 1 fully saturated rings. The average molecular weight is 389 g/mol. The Morgan fingerprint density at radius 1 is 1.31 bits per heavy atom. The number of sulfonamides is 1. The van der Waals surface area contributed by atoms with Crippen LogP contribution in [0.2, 0.25) is 0 Å². The van der Waals surface area contributed by atoms with Gasteiger partial charge in [0.05, 0.1) is 17.8 Å². The number of esters is 1. The highest BCUT2D eigenvalue weighted by Gasteiger charge is 2.46. The van der Waals surface area contributed by atoms with Gasteiger partial charge in [-0.25, -0.2) is 21.5 Å². The molecule has 1 aliphatic heterocycles. The van der Waals surface area contributed by atoms with E-state index in [9.17, 15) is 22.0 Å². The largest absolute Gasteiger partial charge is 0.466 e. The highest BCUT2D eigenvalue weighted by atomic mass is 32.2. The van der Waals surface area contributed by atoms with Gasteiger partial charge in [0.25, 0.3) is 0 Å². The first kappa shape index (κ1) is 20.8. The van der Waals surface area contributed by atoms with Crippen molar-refractivity contribution >= 4 is 16.0 Å². The summed E-state index contributed by atoms with van der Waals surface area (Å²) in [6.45, 7) is 3.86. The van der Waals surface area contributed by atoms with Crippen molar-refractivity contribution in [2.45, 2.75) is 39.5 Å². The molecule has 1 aromatic rings. The first-order valence-electron chi connectivity index (χ1n) is 8.83. The molecule has 0 aliphatic carbocycles. The molecule has 5 nitrogen and oxygen atoms in total. The molecule has 2 rings (SSSR count). The van der Waals surface area contributed by atoms with Crippen molar-refractivity contribution in [1.82, 2.24) is 4.31 Å². The van der Waals surface area contributed by atoms with Gasteiger partial charge in [-0.15, -0.1) is 0 Å². The Hall–Kier alpha value is -1.54. The van der Waals surface area contributed by atoms with E-state index in [4.69, 9.17) is 4.74 Å².